The molecular weight excluding hydrogens is 272 g/mol. The van der Waals surface area contributed by atoms with E-state index < -0.39 is 0 Å². The van der Waals surface area contributed by atoms with E-state index in [9.17, 15) is 9.59 Å². The van der Waals surface area contributed by atoms with Gasteiger partial charge < -0.3 is 9.80 Å². The molecule has 0 bridgehead atoms. The quantitative estimate of drug-likeness (QED) is 0.797. The maximum absolute atomic E-state index is 12.9. The Morgan fingerprint density at radius 2 is 2.20 bits per heavy atom. The van der Waals surface area contributed by atoms with Crippen molar-refractivity contribution in [1.82, 2.24) is 9.80 Å². The van der Waals surface area contributed by atoms with Crippen LogP contribution in [-0.4, -0.2) is 50.9 Å². The topological polar surface area (TPSA) is 40.6 Å². The summed E-state index contributed by atoms with van der Waals surface area (Å²) in [6, 6.07) is 0.207. The van der Waals surface area contributed by atoms with Crippen molar-refractivity contribution in [3.8, 4) is 0 Å². The van der Waals surface area contributed by atoms with Crippen molar-refractivity contribution in [3.63, 3.8) is 0 Å². The summed E-state index contributed by atoms with van der Waals surface area (Å²) in [6.07, 6.45) is 3.74. The number of hydrogen-bond acceptors (Lipinski definition) is 3. The first-order chi connectivity index (χ1) is 9.42. The summed E-state index contributed by atoms with van der Waals surface area (Å²) in [5, 5.41) is 0. The number of rotatable bonds is 4. The molecule has 2 saturated heterocycles. The first-order valence-corrected chi connectivity index (χ1v) is 8.67. The molecule has 3 aliphatic rings. The summed E-state index contributed by atoms with van der Waals surface area (Å²) in [4.78, 5) is 28.9. The zero-order valence-electron chi connectivity index (χ0n) is 12.6. The molecule has 1 aliphatic carbocycles. The van der Waals surface area contributed by atoms with E-state index in [0.717, 1.165) is 31.6 Å². The van der Waals surface area contributed by atoms with Crippen LogP contribution in [-0.2, 0) is 9.59 Å². The third-order valence-corrected chi connectivity index (χ3v) is 6.07. The van der Waals surface area contributed by atoms with E-state index in [0.29, 0.717) is 18.4 Å². The van der Waals surface area contributed by atoms with Gasteiger partial charge in [-0.15, -0.1) is 11.8 Å². The van der Waals surface area contributed by atoms with Crippen molar-refractivity contribution in [2.45, 2.75) is 63.4 Å². The van der Waals surface area contributed by atoms with Crippen molar-refractivity contribution in [1.29, 1.82) is 0 Å². The van der Waals surface area contributed by atoms with Crippen LogP contribution in [0.2, 0.25) is 0 Å². The molecule has 2 atom stereocenters. The molecule has 2 aliphatic heterocycles. The Morgan fingerprint density at radius 1 is 1.50 bits per heavy atom. The molecule has 0 spiro atoms. The first kappa shape index (κ1) is 14.2. The van der Waals surface area contributed by atoms with Crippen LogP contribution < -0.4 is 0 Å². The van der Waals surface area contributed by atoms with Crippen LogP contribution in [0.25, 0.3) is 0 Å². The number of carbonyl (C=O) groups is 2. The van der Waals surface area contributed by atoms with E-state index >= 15 is 0 Å². The number of thioether (sulfide) groups is 1. The molecule has 0 N–H and O–H groups in total. The van der Waals surface area contributed by atoms with Gasteiger partial charge in [-0.1, -0.05) is 13.8 Å². The maximum atomic E-state index is 12.9. The molecular formula is C15H24N2O2S. The van der Waals surface area contributed by atoms with E-state index in [1.165, 1.54) is 0 Å². The van der Waals surface area contributed by atoms with Gasteiger partial charge in [-0.25, -0.2) is 0 Å². The summed E-state index contributed by atoms with van der Waals surface area (Å²) >= 11 is 1.78. The largest absolute Gasteiger partial charge is 0.338 e. The number of fused-ring (bicyclic) bond motifs is 1. The summed E-state index contributed by atoms with van der Waals surface area (Å²) < 4.78 is 0. The highest BCUT2D eigenvalue weighted by Crippen LogP contribution is 2.48. The van der Waals surface area contributed by atoms with Crippen molar-refractivity contribution in [2.75, 3.05) is 12.3 Å². The zero-order valence-corrected chi connectivity index (χ0v) is 13.4. The predicted octanol–water partition coefficient (Wildman–Crippen LogP) is 2.09. The van der Waals surface area contributed by atoms with Gasteiger partial charge in [-0.05, 0) is 32.1 Å². The van der Waals surface area contributed by atoms with Crippen molar-refractivity contribution in [2.24, 2.45) is 5.92 Å². The van der Waals surface area contributed by atoms with E-state index in [2.05, 4.69) is 20.8 Å². The van der Waals surface area contributed by atoms with Gasteiger partial charge in [0.05, 0.1) is 4.87 Å². The first-order valence-electron chi connectivity index (χ1n) is 7.69. The fourth-order valence-electron chi connectivity index (χ4n) is 3.39. The number of amides is 2. The van der Waals surface area contributed by atoms with Gasteiger partial charge in [0, 0.05) is 24.8 Å². The molecule has 4 nitrogen and oxygen atoms in total. The van der Waals surface area contributed by atoms with Crippen molar-refractivity contribution >= 4 is 23.6 Å². The summed E-state index contributed by atoms with van der Waals surface area (Å²) in [5.74, 6) is 1.60. The third kappa shape index (κ3) is 2.34. The average Bonchev–Trinajstić information content (AvgIpc) is 3.10. The summed E-state index contributed by atoms with van der Waals surface area (Å²) in [6.45, 7) is 7.23. The molecule has 0 radical (unpaired) electrons. The lowest BCUT2D eigenvalue weighted by Gasteiger charge is -2.34. The molecule has 0 aromatic carbocycles. The minimum absolute atomic E-state index is 0.134. The summed E-state index contributed by atoms with van der Waals surface area (Å²) in [5.41, 5.74) is 0. The SMILES string of the molecule is CC(C)CN(C(=O)[C@@H]1CS[C@@]2(C)CCC(=O)N12)C1CC1. The predicted molar refractivity (Wildman–Crippen MR) is 80.3 cm³/mol. The van der Waals surface area contributed by atoms with Gasteiger partial charge in [0.2, 0.25) is 11.8 Å². The second-order valence-corrected chi connectivity index (χ2v) is 8.38. The van der Waals surface area contributed by atoms with E-state index in [-0.39, 0.29) is 22.7 Å². The van der Waals surface area contributed by atoms with Crippen LogP contribution in [0.3, 0.4) is 0 Å². The van der Waals surface area contributed by atoms with Crippen LogP contribution in [0.1, 0.15) is 46.5 Å². The fourth-order valence-corrected chi connectivity index (χ4v) is 4.82. The van der Waals surface area contributed by atoms with Crippen LogP contribution in [0.4, 0.5) is 0 Å². The van der Waals surface area contributed by atoms with Gasteiger partial charge in [0.15, 0.2) is 0 Å². The smallest absolute Gasteiger partial charge is 0.246 e. The molecule has 1 saturated carbocycles. The highest BCUT2D eigenvalue weighted by Gasteiger charge is 2.54. The number of hydrogen-bond donors (Lipinski definition) is 0. The Kier molecular flexibility index (Phi) is 3.51. The van der Waals surface area contributed by atoms with Crippen molar-refractivity contribution < 1.29 is 9.59 Å². The molecule has 0 aromatic heterocycles. The molecule has 20 heavy (non-hydrogen) atoms. The number of nitrogens with zero attached hydrogens (tertiary/aromatic N) is 2. The molecule has 5 heteroatoms. The third-order valence-electron chi connectivity index (χ3n) is 4.56. The second kappa shape index (κ2) is 4.93. The molecule has 2 heterocycles. The van der Waals surface area contributed by atoms with Gasteiger partial charge in [-0.2, -0.15) is 0 Å². The molecule has 3 fully saturated rings. The Morgan fingerprint density at radius 3 is 2.80 bits per heavy atom. The zero-order chi connectivity index (χ0) is 14.5. The van der Waals surface area contributed by atoms with Crippen molar-refractivity contribution in [3.05, 3.63) is 0 Å². The fraction of sp³-hybridized carbons (Fsp3) is 0.867. The van der Waals surface area contributed by atoms with Gasteiger partial charge in [0.1, 0.15) is 6.04 Å². The molecule has 112 valence electrons. The Balaban J connectivity index is 1.77. The highest BCUT2D eigenvalue weighted by molar-refractivity contribution is 8.01. The minimum atomic E-state index is -0.223. The van der Waals surface area contributed by atoms with Crippen LogP contribution in [0.15, 0.2) is 0 Å². The average molecular weight is 296 g/mol. The Hall–Kier alpha value is -0.710. The molecule has 0 aromatic rings. The minimum Gasteiger partial charge on any atom is -0.338 e. The lowest BCUT2D eigenvalue weighted by molar-refractivity contribution is -0.144. The van der Waals surface area contributed by atoms with Gasteiger partial charge in [-0.3, -0.25) is 9.59 Å². The Bertz CT molecular complexity index is 436. The molecule has 2 amide bonds. The van der Waals surface area contributed by atoms with Gasteiger partial charge >= 0.3 is 0 Å². The lowest BCUT2D eigenvalue weighted by Crippen LogP contribution is -2.52. The van der Waals surface area contributed by atoms with Crippen LogP contribution in [0.5, 0.6) is 0 Å². The second-order valence-electron chi connectivity index (χ2n) is 6.88. The number of carbonyl (C=O) groups excluding carboxylic acids is 2. The van der Waals surface area contributed by atoms with Crippen LogP contribution >= 0.6 is 11.8 Å². The van der Waals surface area contributed by atoms with E-state index in [4.69, 9.17) is 0 Å². The standard InChI is InChI=1S/C15H24N2O2S/c1-10(2)8-16(11-4-5-11)14(19)12-9-20-15(3)7-6-13(18)17(12)15/h10-12H,4-9H2,1-3H3/t12-,15-/m0/s1. The van der Waals surface area contributed by atoms with E-state index in [1.807, 2.05) is 9.80 Å². The summed E-state index contributed by atoms with van der Waals surface area (Å²) in [7, 11) is 0. The maximum Gasteiger partial charge on any atom is 0.246 e. The van der Waals surface area contributed by atoms with Crippen LogP contribution in [0, 0.1) is 5.92 Å². The Labute approximate surface area is 125 Å². The molecule has 3 rings (SSSR count). The lowest BCUT2D eigenvalue weighted by atomic mass is 10.1. The normalized spacial score (nSPS) is 32.9. The monoisotopic (exact) mass is 296 g/mol. The molecule has 0 unspecified atom stereocenters. The van der Waals surface area contributed by atoms with E-state index in [1.54, 1.807) is 11.8 Å². The van der Waals surface area contributed by atoms with Gasteiger partial charge in [0.25, 0.3) is 0 Å². The highest BCUT2D eigenvalue weighted by atomic mass is 32.2.